The second kappa shape index (κ2) is 8.69. The van der Waals surface area contributed by atoms with Crippen LogP contribution in [-0.4, -0.2) is 39.7 Å². The summed E-state index contributed by atoms with van der Waals surface area (Å²) in [6.45, 7) is 4.59. The highest BCUT2D eigenvalue weighted by atomic mass is 32.1. The third-order valence-corrected chi connectivity index (χ3v) is 5.48. The van der Waals surface area contributed by atoms with Crippen LogP contribution in [0, 0.1) is 25.5 Å². The van der Waals surface area contributed by atoms with E-state index in [1.54, 1.807) is 23.3 Å². The van der Waals surface area contributed by atoms with Gasteiger partial charge >= 0.3 is 0 Å². The van der Waals surface area contributed by atoms with Crippen LogP contribution in [0.25, 0.3) is 4.96 Å². The lowest BCUT2D eigenvalue weighted by Gasteiger charge is -2.17. The highest BCUT2D eigenvalue weighted by Gasteiger charge is 2.17. The van der Waals surface area contributed by atoms with Gasteiger partial charge in [0.25, 0.3) is 5.91 Å². The molecule has 2 amide bonds. The van der Waals surface area contributed by atoms with Gasteiger partial charge in [0.2, 0.25) is 5.91 Å². The summed E-state index contributed by atoms with van der Waals surface area (Å²) in [6, 6.07) is 2.79. The minimum atomic E-state index is -0.913. The first-order chi connectivity index (χ1) is 13.8. The van der Waals surface area contributed by atoms with Crippen molar-refractivity contribution in [1.29, 1.82) is 0 Å². The largest absolute Gasteiger partial charge is 0.352 e. The normalized spacial score (nSPS) is 11.1. The quantitative estimate of drug-likeness (QED) is 0.596. The zero-order valence-electron chi connectivity index (χ0n) is 16.5. The van der Waals surface area contributed by atoms with Crippen LogP contribution in [-0.2, 0) is 11.3 Å². The third-order valence-electron chi connectivity index (χ3n) is 4.58. The molecule has 1 N–H and O–H groups in total. The number of imidazole rings is 1. The summed E-state index contributed by atoms with van der Waals surface area (Å²) in [5.74, 6) is -2.35. The standard InChI is InChI=1S/C20H22F2N4O2S/c1-12-10-26-17(13(2)24-20(26)29-12)11-25(3)18(27)5-4-8-23-19(28)15-7-6-14(21)9-16(15)22/h6-7,9-10H,4-5,8,11H2,1-3H3,(H,23,28). The smallest absolute Gasteiger partial charge is 0.254 e. The third kappa shape index (κ3) is 4.79. The van der Waals surface area contributed by atoms with Gasteiger partial charge in [-0.05, 0) is 32.4 Å². The van der Waals surface area contributed by atoms with Crippen molar-refractivity contribution in [2.75, 3.05) is 13.6 Å². The summed E-state index contributed by atoms with van der Waals surface area (Å²) < 4.78 is 28.5. The molecule has 3 rings (SSSR count). The molecular weight excluding hydrogens is 398 g/mol. The van der Waals surface area contributed by atoms with Crippen LogP contribution >= 0.6 is 11.3 Å². The van der Waals surface area contributed by atoms with E-state index in [9.17, 15) is 18.4 Å². The van der Waals surface area contributed by atoms with Crippen LogP contribution in [0.5, 0.6) is 0 Å². The van der Waals surface area contributed by atoms with Crippen LogP contribution < -0.4 is 5.32 Å². The van der Waals surface area contributed by atoms with Crippen molar-refractivity contribution in [3.8, 4) is 0 Å². The lowest BCUT2D eigenvalue weighted by molar-refractivity contribution is -0.130. The van der Waals surface area contributed by atoms with E-state index in [0.29, 0.717) is 19.0 Å². The second-order valence-electron chi connectivity index (χ2n) is 6.87. The molecule has 0 aliphatic rings. The van der Waals surface area contributed by atoms with Crippen molar-refractivity contribution >= 4 is 28.1 Å². The van der Waals surface area contributed by atoms with Gasteiger partial charge in [-0.1, -0.05) is 0 Å². The van der Waals surface area contributed by atoms with Gasteiger partial charge in [-0.15, -0.1) is 11.3 Å². The van der Waals surface area contributed by atoms with E-state index in [2.05, 4.69) is 10.3 Å². The molecule has 0 atom stereocenters. The lowest BCUT2D eigenvalue weighted by Crippen LogP contribution is -2.29. The number of hydrogen-bond acceptors (Lipinski definition) is 4. The highest BCUT2D eigenvalue weighted by Crippen LogP contribution is 2.21. The van der Waals surface area contributed by atoms with Gasteiger partial charge < -0.3 is 10.2 Å². The molecule has 0 aliphatic heterocycles. The number of carbonyl (C=O) groups excluding carboxylic acids is 2. The van der Waals surface area contributed by atoms with Gasteiger partial charge in [-0.3, -0.25) is 14.0 Å². The fourth-order valence-corrected chi connectivity index (χ4v) is 3.90. The Hall–Kier alpha value is -2.81. The number of aryl methyl sites for hydroxylation is 2. The first-order valence-electron chi connectivity index (χ1n) is 9.17. The summed E-state index contributed by atoms with van der Waals surface area (Å²) in [5, 5.41) is 2.55. The predicted octanol–water partition coefficient (Wildman–Crippen LogP) is 3.46. The molecule has 0 unspecified atom stereocenters. The zero-order valence-corrected chi connectivity index (χ0v) is 17.3. The lowest BCUT2D eigenvalue weighted by atomic mass is 10.2. The fraction of sp³-hybridized carbons (Fsp3) is 0.350. The Morgan fingerprint density at radius 3 is 2.76 bits per heavy atom. The van der Waals surface area contributed by atoms with Gasteiger partial charge in [0.15, 0.2) is 4.96 Å². The Labute approximate surface area is 171 Å². The number of fused-ring (bicyclic) bond motifs is 1. The van der Waals surface area contributed by atoms with Crippen LogP contribution in [0.3, 0.4) is 0 Å². The molecule has 6 nitrogen and oxygen atoms in total. The maximum absolute atomic E-state index is 13.6. The molecule has 0 saturated heterocycles. The number of nitrogens with zero attached hydrogens (tertiary/aromatic N) is 3. The number of thiazole rings is 1. The molecule has 1 aromatic carbocycles. The number of aromatic nitrogens is 2. The summed E-state index contributed by atoms with van der Waals surface area (Å²) in [7, 11) is 1.73. The average Bonchev–Trinajstić information content (AvgIpc) is 3.14. The SMILES string of the molecule is Cc1cn2c(CN(C)C(=O)CCCNC(=O)c3ccc(F)cc3F)c(C)nc2s1. The summed E-state index contributed by atoms with van der Waals surface area (Å²) in [6.07, 6.45) is 2.67. The number of nitrogens with one attached hydrogen (secondary N) is 1. The van der Waals surface area contributed by atoms with E-state index in [1.165, 1.54) is 0 Å². The van der Waals surface area contributed by atoms with E-state index in [4.69, 9.17) is 0 Å². The molecule has 29 heavy (non-hydrogen) atoms. The minimum absolute atomic E-state index is 0.0616. The van der Waals surface area contributed by atoms with Gasteiger partial charge in [0, 0.05) is 37.2 Å². The summed E-state index contributed by atoms with van der Waals surface area (Å²) in [5.41, 5.74) is 1.64. The average molecular weight is 420 g/mol. The van der Waals surface area contributed by atoms with E-state index < -0.39 is 17.5 Å². The van der Waals surface area contributed by atoms with E-state index in [1.807, 2.05) is 24.4 Å². The Balaban J connectivity index is 1.48. The number of halogens is 2. The number of carbonyl (C=O) groups is 2. The number of amides is 2. The molecule has 154 valence electrons. The van der Waals surface area contributed by atoms with Crippen molar-refractivity contribution in [1.82, 2.24) is 19.6 Å². The highest BCUT2D eigenvalue weighted by molar-refractivity contribution is 7.17. The molecule has 2 heterocycles. The first kappa shape index (κ1) is 20.9. The predicted molar refractivity (Wildman–Crippen MR) is 107 cm³/mol. The van der Waals surface area contributed by atoms with Crippen LogP contribution in [0.1, 0.15) is 39.5 Å². The minimum Gasteiger partial charge on any atom is -0.352 e. The molecular formula is C20H22F2N4O2S. The number of benzene rings is 1. The van der Waals surface area contributed by atoms with E-state index in [0.717, 1.165) is 33.4 Å². The van der Waals surface area contributed by atoms with E-state index >= 15 is 0 Å². The monoisotopic (exact) mass is 420 g/mol. The Bertz CT molecular complexity index is 1060. The topological polar surface area (TPSA) is 66.7 Å². The van der Waals surface area contributed by atoms with Gasteiger partial charge in [-0.25, -0.2) is 13.8 Å². The molecule has 0 bridgehead atoms. The first-order valence-corrected chi connectivity index (χ1v) is 9.99. The summed E-state index contributed by atoms with van der Waals surface area (Å²) in [4.78, 5) is 32.6. The van der Waals surface area contributed by atoms with Crippen LogP contribution in [0.4, 0.5) is 8.78 Å². The van der Waals surface area contributed by atoms with Gasteiger partial charge in [0.05, 0.1) is 23.5 Å². The van der Waals surface area contributed by atoms with Crippen LogP contribution in [0.15, 0.2) is 24.4 Å². The number of rotatable bonds is 7. The van der Waals surface area contributed by atoms with Crippen molar-refractivity contribution in [2.45, 2.75) is 33.2 Å². The van der Waals surface area contributed by atoms with Gasteiger partial charge in [0.1, 0.15) is 11.6 Å². The Kier molecular flexibility index (Phi) is 6.26. The Morgan fingerprint density at radius 1 is 1.28 bits per heavy atom. The van der Waals surface area contributed by atoms with Gasteiger partial charge in [-0.2, -0.15) is 0 Å². The molecule has 0 radical (unpaired) electrons. The maximum Gasteiger partial charge on any atom is 0.254 e. The maximum atomic E-state index is 13.6. The Morgan fingerprint density at radius 2 is 2.03 bits per heavy atom. The molecule has 0 saturated carbocycles. The van der Waals surface area contributed by atoms with Crippen molar-refractivity contribution in [2.24, 2.45) is 0 Å². The molecule has 0 fully saturated rings. The molecule has 0 spiro atoms. The zero-order chi connectivity index (χ0) is 21.1. The van der Waals surface area contributed by atoms with Crippen molar-refractivity contribution < 1.29 is 18.4 Å². The molecule has 2 aromatic heterocycles. The summed E-state index contributed by atoms with van der Waals surface area (Å²) >= 11 is 1.60. The molecule has 3 aromatic rings. The molecule has 9 heteroatoms. The van der Waals surface area contributed by atoms with Crippen molar-refractivity contribution in [3.63, 3.8) is 0 Å². The van der Waals surface area contributed by atoms with Crippen LogP contribution in [0.2, 0.25) is 0 Å². The number of hydrogen-bond donors (Lipinski definition) is 1. The molecule has 0 aliphatic carbocycles. The fourth-order valence-electron chi connectivity index (χ4n) is 3.01. The van der Waals surface area contributed by atoms with Crippen molar-refractivity contribution in [3.05, 3.63) is 57.9 Å². The second-order valence-corrected chi connectivity index (χ2v) is 8.08. The van der Waals surface area contributed by atoms with E-state index in [-0.39, 0.29) is 24.4 Å².